The fourth-order valence-corrected chi connectivity index (χ4v) is 3.63. The van der Waals surface area contributed by atoms with Crippen molar-refractivity contribution in [2.45, 2.75) is 64.2 Å². The third-order valence-corrected chi connectivity index (χ3v) is 4.77. The number of fused-ring (bicyclic) bond motifs is 1. The summed E-state index contributed by atoms with van der Waals surface area (Å²) in [5.41, 5.74) is 0.687. The summed E-state index contributed by atoms with van der Waals surface area (Å²) in [6.45, 7) is 6.68. The van der Waals surface area contributed by atoms with Crippen LogP contribution in [-0.4, -0.2) is 47.8 Å². The predicted octanol–water partition coefficient (Wildman–Crippen LogP) is 3.82. The summed E-state index contributed by atoms with van der Waals surface area (Å²) in [4.78, 5) is 26.7. The summed E-state index contributed by atoms with van der Waals surface area (Å²) in [6.07, 6.45) is 4.03. The van der Waals surface area contributed by atoms with Crippen LogP contribution in [0.25, 0.3) is 0 Å². The highest BCUT2D eigenvalue weighted by atomic mass is 16.6. The van der Waals surface area contributed by atoms with E-state index in [-0.39, 0.29) is 18.1 Å². The molecule has 2 fully saturated rings. The van der Waals surface area contributed by atoms with Crippen molar-refractivity contribution in [3.63, 3.8) is 0 Å². The van der Waals surface area contributed by atoms with Gasteiger partial charge in [-0.15, -0.1) is 0 Å². The van der Waals surface area contributed by atoms with Crippen molar-refractivity contribution in [1.29, 1.82) is 0 Å². The molecule has 0 bridgehead atoms. The minimum Gasteiger partial charge on any atom is -0.444 e. The minimum atomic E-state index is -0.549. The molecule has 1 saturated carbocycles. The molecule has 6 nitrogen and oxygen atoms in total. The molecule has 0 radical (unpaired) electrons. The first-order valence-electron chi connectivity index (χ1n) is 9.36. The predicted molar refractivity (Wildman–Crippen MR) is 99.3 cm³/mol. The Labute approximate surface area is 154 Å². The van der Waals surface area contributed by atoms with Gasteiger partial charge in [0.1, 0.15) is 5.60 Å². The van der Waals surface area contributed by atoms with Gasteiger partial charge in [-0.25, -0.2) is 4.79 Å². The Bertz CT molecular complexity index is 649. The quantitative estimate of drug-likeness (QED) is 0.871. The van der Waals surface area contributed by atoms with E-state index in [0.29, 0.717) is 24.4 Å². The van der Waals surface area contributed by atoms with Gasteiger partial charge in [-0.1, -0.05) is 12.8 Å². The maximum absolute atomic E-state index is 12.9. The molecule has 1 aromatic rings. The zero-order valence-corrected chi connectivity index (χ0v) is 15.8. The first-order valence-corrected chi connectivity index (χ1v) is 9.36. The number of amides is 2. The lowest BCUT2D eigenvalue weighted by atomic mass is 9.89. The van der Waals surface area contributed by atoms with Crippen molar-refractivity contribution < 1.29 is 19.1 Å². The van der Waals surface area contributed by atoms with Gasteiger partial charge in [0.2, 0.25) is 0 Å². The third-order valence-electron chi connectivity index (χ3n) is 4.77. The smallest absolute Gasteiger partial charge is 0.412 e. The van der Waals surface area contributed by atoms with Gasteiger partial charge in [0.25, 0.3) is 5.91 Å². The van der Waals surface area contributed by atoms with Crippen LogP contribution in [0.2, 0.25) is 0 Å². The average Bonchev–Trinajstić information content (AvgIpc) is 2.59. The molecule has 1 aliphatic heterocycles. The zero-order chi connectivity index (χ0) is 18.7. The molecule has 1 aliphatic carbocycles. The molecule has 1 N–H and O–H groups in total. The summed E-state index contributed by atoms with van der Waals surface area (Å²) in [5.74, 6) is 0.0361. The Hall–Kier alpha value is -2.08. The second-order valence-corrected chi connectivity index (χ2v) is 7.96. The van der Waals surface area contributed by atoms with E-state index in [1.54, 1.807) is 24.3 Å². The number of nitrogens with one attached hydrogen (secondary N) is 1. The molecule has 2 aliphatic rings. The van der Waals surface area contributed by atoms with Gasteiger partial charge < -0.3 is 14.4 Å². The molecule has 2 atom stereocenters. The van der Waals surface area contributed by atoms with Gasteiger partial charge >= 0.3 is 6.09 Å². The van der Waals surface area contributed by atoms with Gasteiger partial charge in [-0.2, -0.15) is 0 Å². The summed E-state index contributed by atoms with van der Waals surface area (Å²) in [7, 11) is 0. The highest BCUT2D eigenvalue weighted by molar-refractivity contribution is 5.95. The summed E-state index contributed by atoms with van der Waals surface area (Å²) < 4.78 is 11.1. The Morgan fingerprint density at radius 2 is 1.85 bits per heavy atom. The van der Waals surface area contributed by atoms with Crippen LogP contribution in [0.3, 0.4) is 0 Å². The third kappa shape index (κ3) is 4.55. The first kappa shape index (κ1) is 18.7. The molecular formula is C20H28N2O4. The van der Waals surface area contributed by atoms with Crippen molar-refractivity contribution in [1.82, 2.24) is 4.90 Å². The Kier molecular flexibility index (Phi) is 5.51. The highest BCUT2D eigenvalue weighted by Gasteiger charge is 2.36. The lowest BCUT2D eigenvalue weighted by molar-refractivity contribution is -0.0752. The number of ether oxygens (including phenoxy) is 2. The van der Waals surface area contributed by atoms with E-state index in [2.05, 4.69) is 5.32 Å². The molecule has 1 aromatic carbocycles. The minimum absolute atomic E-state index is 0.0361. The second kappa shape index (κ2) is 7.66. The number of carbonyl (C=O) groups excluding carboxylic acids is 2. The van der Waals surface area contributed by atoms with E-state index < -0.39 is 11.7 Å². The first-order chi connectivity index (χ1) is 12.3. The number of nitrogens with zero attached hydrogens (tertiary/aromatic N) is 1. The molecule has 1 heterocycles. The summed E-state index contributed by atoms with van der Waals surface area (Å²) in [5, 5.41) is 2.68. The van der Waals surface area contributed by atoms with Crippen LogP contribution < -0.4 is 5.32 Å². The molecular weight excluding hydrogens is 332 g/mol. The van der Waals surface area contributed by atoms with E-state index in [0.717, 1.165) is 19.3 Å². The molecule has 26 heavy (non-hydrogen) atoms. The zero-order valence-electron chi connectivity index (χ0n) is 15.8. The largest absolute Gasteiger partial charge is 0.444 e. The number of hydrogen-bond acceptors (Lipinski definition) is 4. The van der Waals surface area contributed by atoms with E-state index in [9.17, 15) is 9.59 Å². The molecule has 2 amide bonds. The number of rotatable bonds is 2. The van der Waals surface area contributed by atoms with E-state index >= 15 is 0 Å². The number of morpholine rings is 1. The van der Waals surface area contributed by atoms with Crippen molar-refractivity contribution >= 4 is 17.7 Å². The van der Waals surface area contributed by atoms with Gasteiger partial charge in [0.05, 0.1) is 18.8 Å². The number of carbonyl (C=O) groups is 2. The van der Waals surface area contributed by atoms with Crippen LogP contribution >= 0.6 is 0 Å². The van der Waals surface area contributed by atoms with Crippen LogP contribution in [-0.2, 0) is 9.47 Å². The lowest BCUT2D eigenvalue weighted by Crippen LogP contribution is -2.54. The maximum atomic E-state index is 12.9. The summed E-state index contributed by atoms with van der Waals surface area (Å²) >= 11 is 0. The number of anilines is 1. The second-order valence-electron chi connectivity index (χ2n) is 7.96. The Morgan fingerprint density at radius 1 is 1.15 bits per heavy atom. The van der Waals surface area contributed by atoms with Crippen molar-refractivity contribution in [3.05, 3.63) is 29.8 Å². The average molecular weight is 360 g/mol. The molecule has 0 spiro atoms. The fraction of sp³-hybridized carbons (Fsp3) is 0.600. The summed E-state index contributed by atoms with van der Waals surface area (Å²) in [6, 6.07) is 7.15. The topological polar surface area (TPSA) is 67.9 Å². The van der Waals surface area contributed by atoms with E-state index in [1.807, 2.05) is 25.7 Å². The number of hydrogen-bond donors (Lipinski definition) is 1. The highest BCUT2D eigenvalue weighted by Crippen LogP contribution is 2.29. The molecule has 3 rings (SSSR count). The van der Waals surface area contributed by atoms with Crippen LogP contribution in [0, 0.1) is 0 Å². The maximum Gasteiger partial charge on any atom is 0.412 e. The van der Waals surface area contributed by atoms with Crippen molar-refractivity contribution in [2.24, 2.45) is 0 Å². The van der Waals surface area contributed by atoms with Gasteiger partial charge in [0, 0.05) is 17.8 Å². The van der Waals surface area contributed by atoms with Crippen LogP contribution in [0.5, 0.6) is 0 Å². The normalized spacial score (nSPS) is 23.1. The molecule has 6 heteroatoms. The van der Waals surface area contributed by atoms with Gasteiger partial charge in [-0.05, 0) is 57.9 Å². The number of benzene rings is 1. The lowest BCUT2D eigenvalue weighted by Gasteiger charge is -2.43. The fourth-order valence-electron chi connectivity index (χ4n) is 3.63. The van der Waals surface area contributed by atoms with Gasteiger partial charge in [-0.3, -0.25) is 10.1 Å². The van der Waals surface area contributed by atoms with E-state index in [4.69, 9.17) is 9.47 Å². The van der Waals surface area contributed by atoms with Crippen LogP contribution in [0.1, 0.15) is 56.8 Å². The molecule has 0 unspecified atom stereocenters. The van der Waals surface area contributed by atoms with Gasteiger partial charge in [0.15, 0.2) is 0 Å². The monoisotopic (exact) mass is 360 g/mol. The van der Waals surface area contributed by atoms with Crippen LogP contribution in [0.15, 0.2) is 24.3 Å². The Morgan fingerprint density at radius 3 is 2.54 bits per heavy atom. The van der Waals surface area contributed by atoms with E-state index in [1.165, 1.54) is 6.42 Å². The Balaban J connectivity index is 1.64. The van der Waals surface area contributed by atoms with Crippen molar-refractivity contribution in [2.75, 3.05) is 18.5 Å². The molecule has 0 aromatic heterocycles. The van der Waals surface area contributed by atoms with Crippen molar-refractivity contribution in [3.8, 4) is 0 Å². The van der Waals surface area contributed by atoms with Crippen LogP contribution in [0.4, 0.5) is 10.5 Å². The molecule has 142 valence electrons. The molecule has 1 saturated heterocycles. The standard InChI is InChI=1S/C20H28N2O4/c1-20(2,3)26-19(24)21-15-10-8-14(9-11-15)18(23)22-12-13-25-17-7-5-4-6-16(17)22/h8-11,16-17H,4-7,12-13H2,1-3H3,(H,21,24)/t16-,17+/m0/s1. The SMILES string of the molecule is CC(C)(C)OC(=O)Nc1ccc(C(=O)N2CCO[C@@H]3CCCC[C@@H]32)cc1.